The second-order valence-corrected chi connectivity index (χ2v) is 7.88. The van der Waals surface area contributed by atoms with Crippen LogP contribution >= 0.6 is 12.4 Å². The predicted octanol–water partition coefficient (Wildman–Crippen LogP) is 7.27. The van der Waals surface area contributed by atoms with Crippen molar-refractivity contribution in [3.8, 4) is 11.3 Å². The maximum atomic E-state index is 7.51. The summed E-state index contributed by atoms with van der Waals surface area (Å²) >= 11 is 0. The Bertz CT molecular complexity index is 696. The minimum absolute atomic E-state index is 0. The Hall–Kier alpha value is -1.81. The molecule has 2 aromatic rings. The number of rotatable bonds is 14. The molecule has 0 amide bonds. The zero-order valence-corrected chi connectivity index (χ0v) is 18.9. The number of oxazole rings is 1. The lowest BCUT2D eigenvalue weighted by molar-refractivity contribution is 0.490. The first-order valence-electron chi connectivity index (χ1n) is 11.0. The molecule has 0 saturated heterocycles. The van der Waals surface area contributed by atoms with Crippen LogP contribution in [0.25, 0.3) is 11.3 Å². The van der Waals surface area contributed by atoms with Gasteiger partial charge < -0.3 is 10.2 Å². The van der Waals surface area contributed by atoms with Crippen molar-refractivity contribution >= 4 is 18.2 Å². The Morgan fingerprint density at radius 3 is 2.07 bits per heavy atom. The molecule has 3 N–H and O–H groups in total. The Kier molecular flexibility index (Phi) is 12.4. The summed E-state index contributed by atoms with van der Waals surface area (Å²) in [6, 6.07) is 8.58. The third kappa shape index (κ3) is 9.03. The van der Waals surface area contributed by atoms with Gasteiger partial charge in [-0.25, -0.2) is 4.98 Å². The van der Waals surface area contributed by atoms with Gasteiger partial charge in [-0.2, -0.15) is 0 Å². The normalized spacial score (nSPS) is 11.8. The van der Waals surface area contributed by atoms with Gasteiger partial charge in [-0.15, -0.1) is 12.4 Å². The molecule has 0 aliphatic carbocycles. The second kappa shape index (κ2) is 14.2. The molecule has 0 saturated carbocycles. The molecular weight excluding hydrogens is 382 g/mol. The first-order chi connectivity index (χ1) is 13.6. The first kappa shape index (κ1) is 25.2. The fourth-order valence-corrected chi connectivity index (χ4v) is 3.41. The summed E-state index contributed by atoms with van der Waals surface area (Å²) < 4.78 is 5.48. The van der Waals surface area contributed by atoms with Crippen molar-refractivity contribution in [2.45, 2.75) is 90.4 Å². The van der Waals surface area contributed by atoms with Crippen molar-refractivity contribution in [2.75, 3.05) is 0 Å². The zero-order valence-electron chi connectivity index (χ0n) is 18.1. The van der Waals surface area contributed by atoms with Crippen LogP contribution in [0.1, 0.15) is 95.4 Å². The van der Waals surface area contributed by atoms with Gasteiger partial charge in [0.2, 0.25) is 5.89 Å². The molecule has 0 bridgehead atoms. The van der Waals surface area contributed by atoms with Crippen molar-refractivity contribution in [1.82, 2.24) is 4.98 Å². The monoisotopic (exact) mass is 419 g/mol. The van der Waals surface area contributed by atoms with Crippen molar-refractivity contribution in [2.24, 2.45) is 5.73 Å². The highest BCUT2D eigenvalue weighted by molar-refractivity contribution is 5.85. The number of nitrogens with two attached hydrogens (primary N) is 1. The largest absolute Gasteiger partial charge is 0.448 e. The van der Waals surface area contributed by atoms with Crippen molar-refractivity contribution < 1.29 is 4.42 Å². The summed E-state index contributed by atoms with van der Waals surface area (Å²) in [4.78, 5) is 4.47. The molecule has 4 nitrogen and oxygen atoms in total. The van der Waals surface area contributed by atoms with Crippen LogP contribution in [0.5, 0.6) is 0 Å². The SMILES string of the molecule is CCCCCCCCCCCCc1ccc(-c2coc(C(C)C(=N)N)n2)cc1.Cl. The van der Waals surface area contributed by atoms with Crippen molar-refractivity contribution in [3.05, 3.63) is 42.0 Å². The topological polar surface area (TPSA) is 75.9 Å². The van der Waals surface area contributed by atoms with Gasteiger partial charge in [0.1, 0.15) is 17.8 Å². The van der Waals surface area contributed by atoms with Gasteiger partial charge in [-0.1, -0.05) is 89.0 Å². The Labute approximate surface area is 182 Å². The van der Waals surface area contributed by atoms with E-state index in [0.717, 1.165) is 17.7 Å². The summed E-state index contributed by atoms with van der Waals surface area (Å²) in [5.74, 6) is 0.279. The number of aryl methyl sites for hydroxylation is 1. The average Bonchev–Trinajstić information content (AvgIpc) is 3.19. The number of nitrogens with one attached hydrogen (secondary N) is 1. The maximum absolute atomic E-state index is 7.51. The number of amidine groups is 1. The summed E-state index contributed by atoms with van der Waals surface area (Å²) in [6.07, 6.45) is 16.5. The number of hydrogen-bond donors (Lipinski definition) is 2. The van der Waals surface area contributed by atoms with E-state index in [0.29, 0.717) is 5.89 Å². The highest BCUT2D eigenvalue weighted by Crippen LogP contribution is 2.23. The van der Waals surface area contributed by atoms with Crippen LogP contribution in [-0.2, 0) is 6.42 Å². The number of nitrogens with zero attached hydrogens (tertiary/aromatic N) is 1. The van der Waals surface area contributed by atoms with Crippen LogP contribution in [0.2, 0.25) is 0 Å². The lowest BCUT2D eigenvalue weighted by Crippen LogP contribution is -2.18. The molecule has 0 fully saturated rings. The molecule has 1 aromatic carbocycles. The summed E-state index contributed by atoms with van der Waals surface area (Å²) in [6.45, 7) is 4.10. The molecule has 0 aliphatic heterocycles. The maximum Gasteiger partial charge on any atom is 0.204 e. The lowest BCUT2D eigenvalue weighted by atomic mass is 10.0. The number of hydrogen-bond acceptors (Lipinski definition) is 3. The minimum atomic E-state index is -0.288. The van der Waals surface area contributed by atoms with Crippen LogP contribution in [-0.4, -0.2) is 10.8 Å². The highest BCUT2D eigenvalue weighted by Gasteiger charge is 2.15. The molecule has 0 aliphatic rings. The molecule has 0 spiro atoms. The molecule has 1 heterocycles. The van der Waals surface area contributed by atoms with Crippen molar-refractivity contribution in [1.29, 1.82) is 5.41 Å². The first-order valence-corrected chi connectivity index (χ1v) is 11.0. The lowest BCUT2D eigenvalue weighted by Gasteiger charge is -2.04. The number of unbranched alkanes of at least 4 members (excludes halogenated alkanes) is 9. The van der Waals surface area contributed by atoms with Gasteiger partial charge >= 0.3 is 0 Å². The predicted molar refractivity (Wildman–Crippen MR) is 125 cm³/mol. The van der Waals surface area contributed by atoms with E-state index < -0.39 is 0 Å². The molecule has 0 radical (unpaired) electrons. The van der Waals surface area contributed by atoms with E-state index in [4.69, 9.17) is 15.6 Å². The van der Waals surface area contributed by atoms with Crippen LogP contribution < -0.4 is 5.73 Å². The van der Waals surface area contributed by atoms with E-state index in [9.17, 15) is 0 Å². The molecule has 1 unspecified atom stereocenters. The van der Waals surface area contributed by atoms with Gasteiger partial charge in [-0.05, 0) is 25.3 Å². The third-order valence-electron chi connectivity index (χ3n) is 5.43. The average molecular weight is 420 g/mol. The third-order valence-corrected chi connectivity index (χ3v) is 5.43. The summed E-state index contributed by atoms with van der Waals surface area (Å²) in [5, 5.41) is 7.51. The van der Waals surface area contributed by atoms with E-state index in [-0.39, 0.29) is 24.2 Å². The molecule has 5 heteroatoms. The van der Waals surface area contributed by atoms with E-state index in [1.807, 2.05) is 6.92 Å². The molecule has 1 aromatic heterocycles. The highest BCUT2D eigenvalue weighted by atomic mass is 35.5. The Morgan fingerprint density at radius 2 is 1.52 bits per heavy atom. The molecule has 2 rings (SSSR count). The minimum Gasteiger partial charge on any atom is -0.448 e. The standard InChI is InChI=1S/C24H37N3O.ClH/c1-3-4-5-6-7-8-9-10-11-12-13-20-14-16-21(17-15-20)22-18-28-24(27-22)19(2)23(25)26;/h14-19H,3-13H2,1-2H3,(H3,25,26);1H. The van der Waals surface area contributed by atoms with E-state index in [1.54, 1.807) is 6.26 Å². The van der Waals surface area contributed by atoms with Gasteiger partial charge in [0, 0.05) is 5.56 Å². The van der Waals surface area contributed by atoms with E-state index >= 15 is 0 Å². The number of halogens is 1. The summed E-state index contributed by atoms with van der Waals surface area (Å²) in [7, 11) is 0. The van der Waals surface area contributed by atoms with E-state index in [1.165, 1.54) is 69.8 Å². The van der Waals surface area contributed by atoms with Gasteiger partial charge in [0.25, 0.3) is 0 Å². The molecule has 1 atom stereocenters. The van der Waals surface area contributed by atoms with Crippen LogP contribution in [0.4, 0.5) is 0 Å². The van der Waals surface area contributed by atoms with Gasteiger partial charge in [0.15, 0.2) is 0 Å². The quantitative estimate of drug-likeness (QED) is 0.192. The second-order valence-electron chi connectivity index (χ2n) is 7.88. The number of aromatic nitrogens is 1. The smallest absolute Gasteiger partial charge is 0.204 e. The van der Waals surface area contributed by atoms with Crippen LogP contribution in [0.15, 0.2) is 34.9 Å². The fraction of sp³-hybridized carbons (Fsp3) is 0.583. The zero-order chi connectivity index (χ0) is 20.2. The molecule has 29 heavy (non-hydrogen) atoms. The van der Waals surface area contributed by atoms with Gasteiger partial charge in [0.05, 0.1) is 5.92 Å². The Morgan fingerprint density at radius 1 is 0.966 bits per heavy atom. The fourth-order valence-electron chi connectivity index (χ4n) is 3.41. The van der Waals surface area contributed by atoms with Crippen molar-refractivity contribution in [3.63, 3.8) is 0 Å². The summed E-state index contributed by atoms with van der Waals surface area (Å²) in [5.41, 5.74) is 8.75. The van der Waals surface area contributed by atoms with Crippen LogP contribution in [0, 0.1) is 5.41 Å². The van der Waals surface area contributed by atoms with E-state index in [2.05, 4.69) is 36.2 Å². The Balaban J connectivity index is 0.00000420. The number of benzene rings is 1. The van der Waals surface area contributed by atoms with Gasteiger partial charge in [-0.3, -0.25) is 5.41 Å². The molecule has 162 valence electrons. The van der Waals surface area contributed by atoms with Crippen LogP contribution in [0.3, 0.4) is 0 Å². The molecular formula is C24H38ClN3O.